The summed E-state index contributed by atoms with van der Waals surface area (Å²) in [5.41, 5.74) is 0.636. The van der Waals surface area contributed by atoms with Crippen LogP contribution in [0.1, 0.15) is 109 Å². The zero-order valence-electron chi connectivity index (χ0n) is 16.8. The quantitative estimate of drug-likeness (QED) is 0.165. The Bertz CT molecular complexity index is 471. The van der Waals surface area contributed by atoms with Crippen LogP contribution in [0.3, 0.4) is 0 Å². The lowest BCUT2D eigenvalue weighted by Gasteiger charge is -2.07. The van der Waals surface area contributed by atoms with Gasteiger partial charge in [-0.25, -0.2) is 0 Å². The maximum Gasteiger partial charge on any atom is 0.161 e. The number of unbranched alkanes of at least 4 members (excludes halogenated alkanes) is 14. The molecule has 1 aromatic rings. The lowest BCUT2D eigenvalue weighted by Crippen LogP contribution is -1.88. The number of hydrogen-bond donors (Lipinski definition) is 3. The highest BCUT2D eigenvalue weighted by Crippen LogP contribution is 2.34. The summed E-state index contributed by atoms with van der Waals surface area (Å²) >= 11 is 0. The summed E-state index contributed by atoms with van der Waals surface area (Å²) in [5.74, 6) is -0.314. The van der Waals surface area contributed by atoms with Gasteiger partial charge in [0.15, 0.2) is 11.5 Å². The molecule has 0 fully saturated rings. The Morgan fingerprint density at radius 3 is 1.46 bits per heavy atom. The summed E-state index contributed by atoms with van der Waals surface area (Å²) in [6.45, 7) is 2.27. The first-order chi connectivity index (χ1) is 12.6. The monoisotopic (exact) mass is 364 g/mol. The molecule has 3 heteroatoms. The normalized spacial score (nSPS) is 11.1. The topological polar surface area (TPSA) is 60.7 Å². The van der Waals surface area contributed by atoms with Gasteiger partial charge in [-0.3, -0.25) is 0 Å². The molecule has 0 bridgehead atoms. The van der Waals surface area contributed by atoms with Gasteiger partial charge in [0.05, 0.1) is 0 Å². The summed E-state index contributed by atoms with van der Waals surface area (Å²) in [4.78, 5) is 0. The van der Waals surface area contributed by atoms with Crippen LogP contribution in [0.4, 0.5) is 0 Å². The molecule has 3 N–H and O–H groups in total. The van der Waals surface area contributed by atoms with Crippen LogP contribution in [0.15, 0.2) is 12.1 Å². The Balaban J connectivity index is 1.88. The molecule has 0 aliphatic heterocycles. The average molecular weight is 365 g/mol. The van der Waals surface area contributed by atoms with Gasteiger partial charge in [-0.15, -0.1) is 0 Å². The van der Waals surface area contributed by atoms with E-state index in [4.69, 9.17) is 0 Å². The van der Waals surface area contributed by atoms with E-state index in [9.17, 15) is 15.3 Å². The fourth-order valence-corrected chi connectivity index (χ4v) is 3.54. The van der Waals surface area contributed by atoms with Crippen molar-refractivity contribution in [2.45, 2.75) is 110 Å². The largest absolute Gasteiger partial charge is 0.508 e. The fourth-order valence-electron chi connectivity index (χ4n) is 3.54. The number of phenolic OH excluding ortho intramolecular Hbond substituents is 3. The second-order valence-electron chi connectivity index (χ2n) is 7.67. The van der Waals surface area contributed by atoms with E-state index in [-0.39, 0.29) is 17.2 Å². The first kappa shape index (κ1) is 22.7. The Kier molecular flexibility index (Phi) is 12.9. The molecule has 0 saturated carbocycles. The van der Waals surface area contributed by atoms with Crippen LogP contribution in [0.2, 0.25) is 0 Å². The molecule has 150 valence electrons. The van der Waals surface area contributed by atoms with Crippen LogP contribution < -0.4 is 0 Å². The molecule has 0 saturated heterocycles. The van der Waals surface area contributed by atoms with Crippen molar-refractivity contribution in [3.05, 3.63) is 17.7 Å². The maximum absolute atomic E-state index is 9.78. The van der Waals surface area contributed by atoms with Crippen molar-refractivity contribution in [1.29, 1.82) is 0 Å². The predicted molar refractivity (Wildman–Crippen MR) is 110 cm³/mol. The van der Waals surface area contributed by atoms with Crippen LogP contribution in [0.5, 0.6) is 17.2 Å². The second kappa shape index (κ2) is 14.8. The fraction of sp³-hybridized carbons (Fsp3) is 0.739. The molecule has 1 aromatic carbocycles. The molecule has 0 amide bonds. The zero-order valence-corrected chi connectivity index (χ0v) is 16.8. The minimum atomic E-state index is -0.235. The smallest absolute Gasteiger partial charge is 0.161 e. The van der Waals surface area contributed by atoms with E-state index >= 15 is 0 Å². The van der Waals surface area contributed by atoms with Crippen molar-refractivity contribution in [3.63, 3.8) is 0 Å². The lowest BCUT2D eigenvalue weighted by atomic mass is 10.0. The minimum Gasteiger partial charge on any atom is -0.508 e. The highest BCUT2D eigenvalue weighted by atomic mass is 16.3. The molecule has 3 nitrogen and oxygen atoms in total. The summed E-state index contributed by atoms with van der Waals surface area (Å²) in [6.07, 6.45) is 20.6. The van der Waals surface area contributed by atoms with Crippen molar-refractivity contribution in [1.82, 2.24) is 0 Å². The Morgan fingerprint density at radius 2 is 1.00 bits per heavy atom. The maximum atomic E-state index is 9.78. The van der Waals surface area contributed by atoms with Crippen molar-refractivity contribution in [2.75, 3.05) is 0 Å². The van der Waals surface area contributed by atoms with Crippen molar-refractivity contribution in [3.8, 4) is 17.2 Å². The van der Waals surface area contributed by atoms with Crippen LogP contribution in [0, 0.1) is 0 Å². The van der Waals surface area contributed by atoms with Crippen LogP contribution in [-0.4, -0.2) is 15.3 Å². The van der Waals surface area contributed by atoms with Gasteiger partial charge in [0.2, 0.25) is 0 Å². The Labute approximate surface area is 160 Å². The molecule has 0 aliphatic carbocycles. The average Bonchev–Trinajstić information content (AvgIpc) is 2.62. The molecule has 0 unspecified atom stereocenters. The third-order valence-electron chi connectivity index (χ3n) is 5.20. The second-order valence-corrected chi connectivity index (χ2v) is 7.67. The molecule has 0 aromatic heterocycles. The number of aryl methyl sites for hydroxylation is 1. The molecular weight excluding hydrogens is 324 g/mol. The molecule has 1 rings (SSSR count). The number of aromatic hydroxyl groups is 3. The van der Waals surface area contributed by atoms with Crippen molar-refractivity contribution in [2.24, 2.45) is 0 Å². The van der Waals surface area contributed by atoms with Gasteiger partial charge in [-0.05, 0) is 18.9 Å². The number of phenols is 3. The van der Waals surface area contributed by atoms with Gasteiger partial charge in [-0.1, -0.05) is 96.8 Å². The number of benzene rings is 1. The summed E-state index contributed by atoms with van der Waals surface area (Å²) in [6, 6.07) is 2.71. The lowest BCUT2D eigenvalue weighted by molar-refractivity contribution is 0.391. The molecular formula is C23H40O3. The van der Waals surface area contributed by atoms with Gasteiger partial charge >= 0.3 is 0 Å². The third kappa shape index (κ3) is 10.6. The first-order valence-corrected chi connectivity index (χ1v) is 10.9. The van der Waals surface area contributed by atoms with E-state index in [1.54, 1.807) is 6.07 Å². The highest BCUT2D eigenvalue weighted by Gasteiger charge is 2.08. The number of rotatable bonds is 16. The van der Waals surface area contributed by atoms with E-state index in [2.05, 4.69) is 6.92 Å². The van der Waals surface area contributed by atoms with Crippen LogP contribution in [-0.2, 0) is 6.42 Å². The number of hydrogen-bond acceptors (Lipinski definition) is 3. The Hall–Kier alpha value is -1.38. The van der Waals surface area contributed by atoms with Gasteiger partial charge in [-0.2, -0.15) is 0 Å². The van der Waals surface area contributed by atoms with Gasteiger partial charge in [0, 0.05) is 11.6 Å². The predicted octanol–water partition coefficient (Wildman–Crippen LogP) is 7.22. The van der Waals surface area contributed by atoms with Gasteiger partial charge in [0.1, 0.15) is 5.75 Å². The highest BCUT2D eigenvalue weighted by molar-refractivity contribution is 5.49. The minimum absolute atomic E-state index is 0.0104. The molecule has 0 spiro atoms. The zero-order chi connectivity index (χ0) is 19.0. The Morgan fingerprint density at radius 1 is 0.577 bits per heavy atom. The molecule has 0 radical (unpaired) electrons. The summed E-state index contributed by atoms with van der Waals surface area (Å²) in [7, 11) is 0. The van der Waals surface area contributed by atoms with Crippen molar-refractivity contribution >= 4 is 0 Å². The SMILES string of the molecule is CCCCCCCCCCCCCCCCCc1cc(O)cc(O)c1O. The van der Waals surface area contributed by atoms with Crippen molar-refractivity contribution < 1.29 is 15.3 Å². The molecule has 0 aliphatic rings. The summed E-state index contributed by atoms with van der Waals surface area (Å²) < 4.78 is 0. The van der Waals surface area contributed by atoms with E-state index in [0.29, 0.717) is 12.0 Å². The van der Waals surface area contributed by atoms with E-state index in [1.807, 2.05) is 0 Å². The summed E-state index contributed by atoms with van der Waals surface area (Å²) in [5, 5.41) is 28.7. The molecule has 0 heterocycles. The van der Waals surface area contributed by atoms with Crippen LogP contribution in [0.25, 0.3) is 0 Å². The standard InChI is InChI=1S/C23H40O3/c1-2-3-4-5-6-7-8-9-10-11-12-13-14-15-16-17-20-18-21(24)19-22(25)23(20)26/h18-19,24-26H,2-17H2,1H3. The molecule has 26 heavy (non-hydrogen) atoms. The van der Waals surface area contributed by atoms with E-state index in [1.165, 1.54) is 89.5 Å². The third-order valence-corrected chi connectivity index (χ3v) is 5.20. The van der Waals surface area contributed by atoms with Gasteiger partial charge in [0.25, 0.3) is 0 Å². The van der Waals surface area contributed by atoms with E-state index in [0.717, 1.165) is 12.8 Å². The van der Waals surface area contributed by atoms with E-state index < -0.39 is 0 Å². The first-order valence-electron chi connectivity index (χ1n) is 10.9. The van der Waals surface area contributed by atoms with Gasteiger partial charge < -0.3 is 15.3 Å². The molecule has 0 atom stereocenters. The van der Waals surface area contributed by atoms with Crippen LogP contribution >= 0.6 is 0 Å².